The van der Waals surface area contributed by atoms with Crippen molar-refractivity contribution >= 4 is 27.5 Å². The molecule has 2 amide bonds. The Balaban J connectivity index is 1.62. The molecule has 0 radical (unpaired) electrons. The van der Waals surface area contributed by atoms with E-state index in [2.05, 4.69) is 5.32 Å². The van der Waals surface area contributed by atoms with Gasteiger partial charge in [0.25, 0.3) is 0 Å². The van der Waals surface area contributed by atoms with Crippen molar-refractivity contribution in [3.63, 3.8) is 0 Å². The number of sulfonamides is 1. The highest BCUT2D eigenvalue weighted by Crippen LogP contribution is 2.31. The summed E-state index contributed by atoms with van der Waals surface area (Å²) < 4.78 is 47.5. The van der Waals surface area contributed by atoms with Crippen molar-refractivity contribution in [1.29, 1.82) is 0 Å². The molecule has 4 rings (SSSR count). The number of nitrogens with zero attached hydrogens (tertiary/aromatic N) is 2. The molecule has 2 aromatic carbocycles. The quantitative estimate of drug-likeness (QED) is 0.484. The number of rotatable bonds is 8. The van der Waals surface area contributed by atoms with Gasteiger partial charge in [0, 0.05) is 36.7 Å². The molecule has 2 aromatic rings. The Hall–Kier alpha value is -3.02. The Kier molecular flexibility index (Phi) is 10.0. The standard InChI is InChI=1S/C30H40FN3O6S/c1-20-17-34(21(2)19-35)29(36)16-23-15-25(32-30(37)22-7-5-4-6-8-22)11-14-27(23)40-28(20)18-33(3)41(38,39)26-12-9-24(31)10-13-26/h9-15,20-22,28,35H,4-8,16-19H2,1-3H3,(H,32,37)/t20-,21-,28-/m0/s1. The first-order chi connectivity index (χ1) is 19.5. The second-order valence-electron chi connectivity index (χ2n) is 11.3. The van der Waals surface area contributed by atoms with Crippen molar-refractivity contribution in [3.05, 3.63) is 53.8 Å². The lowest BCUT2D eigenvalue weighted by Gasteiger charge is -2.33. The molecule has 2 aliphatic rings. The number of halogens is 1. The molecule has 1 saturated carbocycles. The summed E-state index contributed by atoms with van der Waals surface area (Å²) in [5.41, 5.74) is 1.13. The number of anilines is 1. The lowest BCUT2D eigenvalue weighted by atomic mass is 9.88. The molecule has 0 aromatic heterocycles. The Bertz CT molecular complexity index is 1330. The second-order valence-corrected chi connectivity index (χ2v) is 13.3. The van der Waals surface area contributed by atoms with E-state index in [9.17, 15) is 27.5 Å². The summed E-state index contributed by atoms with van der Waals surface area (Å²) in [6.07, 6.45) is 4.28. The van der Waals surface area contributed by atoms with Gasteiger partial charge in [0.2, 0.25) is 21.8 Å². The van der Waals surface area contributed by atoms with Gasteiger partial charge in [-0.3, -0.25) is 9.59 Å². The maximum Gasteiger partial charge on any atom is 0.242 e. The van der Waals surface area contributed by atoms with Crippen LogP contribution in [0.3, 0.4) is 0 Å². The summed E-state index contributed by atoms with van der Waals surface area (Å²) in [4.78, 5) is 27.9. The van der Waals surface area contributed by atoms with E-state index in [4.69, 9.17) is 4.74 Å². The number of benzene rings is 2. The molecule has 1 aliphatic carbocycles. The maximum atomic E-state index is 13.4. The number of aliphatic hydroxyl groups is 1. The molecule has 3 atom stereocenters. The van der Waals surface area contributed by atoms with E-state index in [0.717, 1.165) is 44.2 Å². The minimum absolute atomic E-state index is 0.00400. The van der Waals surface area contributed by atoms with Crippen LogP contribution in [-0.4, -0.2) is 73.4 Å². The SMILES string of the molecule is C[C@H]1CN([C@@H](C)CO)C(=O)Cc2cc(NC(=O)C3CCCCC3)ccc2O[C@H]1CN(C)S(=O)(=O)c1ccc(F)cc1. The molecule has 9 nitrogen and oxygen atoms in total. The van der Waals surface area contributed by atoms with Crippen LogP contribution in [0.25, 0.3) is 0 Å². The van der Waals surface area contributed by atoms with Crippen LogP contribution in [-0.2, 0) is 26.0 Å². The number of hydrogen-bond donors (Lipinski definition) is 2. The first kappa shape index (κ1) is 30.9. The van der Waals surface area contributed by atoms with Gasteiger partial charge in [-0.25, -0.2) is 12.8 Å². The highest BCUT2D eigenvalue weighted by Gasteiger charge is 2.33. The van der Waals surface area contributed by atoms with Gasteiger partial charge in [-0.2, -0.15) is 4.31 Å². The van der Waals surface area contributed by atoms with Crippen LogP contribution >= 0.6 is 0 Å². The fourth-order valence-corrected chi connectivity index (χ4v) is 6.66. The van der Waals surface area contributed by atoms with Gasteiger partial charge in [-0.05, 0) is 62.2 Å². The molecule has 0 saturated heterocycles. The molecule has 11 heteroatoms. The normalized spacial score (nSPS) is 21.3. The maximum absolute atomic E-state index is 13.4. The number of hydrogen-bond acceptors (Lipinski definition) is 6. The highest BCUT2D eigenvalue weighted by molar-refractivity contribution is 7.89. The van der Waals surface area contributed by atoms with Crippen molar-refractivity contribution in [2.45, 2.75) is 69.4 Å². The minimum Gasteiger partial charge on any atom is -0.488 e. The molecule has 0 spiro atoms. The third-order valence-corrected chi connectivity index (χ3v) is 9.96. The zero-order chi connectivity index (χ0) is 29.7. The topological polar surface area (TPSA) is 116 Å². The van der Waals surface area contributed by atoms with Crippen molar-refractivity contribution in [1.82, 2.24) is 9.21 Å². The van der Waals surface area contributed by atoms with E-state index in [0.29, 0.717) is 17.0 Å². The average molecular weight is 590 g/mol. The van der Waals surface area contributed by atoms with Crippen LogP contribution < -0.4 is 10.1 Å². The molecule has 1 fully saturated rings. The summed E-state index contributed by atoms with van der Waals surface area (Å²) in [5.74, 6) is -0.681. The van der Waals surface area contributed by atoms with Gasteiger partial charge in [0.05, 0.1) is 30.5 Å². The zero-order valence-electron chi connectivity index (χ0n) is 23.9. The average Bonchev–Trinajstić information content (AvgIpc) is 3.00. The molecular formula is C30H40FN3O6S. The predicted molar refractivity (Wildman–Crippen MR) is 153 cm³/mol. The summed E-state index contributed by atoms with van der Waals surface area (Å²) in [7, 11) is -2.51. The third kappa shape index (κ3) is 7.44. The van der Waals surface area contributed by atoms with Crippen LogP contribution in [0.1, 0.15) is 51.5 Å². The van der Waals surface area contributed by atoms with E-state index in [1.807, 2.05) is 6.92 Å². The molecule has 0 bridgehead atoms. The van der Waals surface area contributed by atoms with Gasteiger partial charge in [0.15, 0.2) is 0 Å². The third-order valence-electron chi connectivity index (χ3n) is 8.12. The first-order valence-corrected chi connectivity index (χ1v) is 15.7. The number of carbonyl (C=O) groups excluding carboxylic acids is 2. The molecule has 1 heterocycles. The van der Waals surface area contributed by atoms with E-state index in [-0.39, 0.29) is 54.7 Å². The Labute approximate surface area is 241 Å². The number of carbonyl (C=O) groups is 2. The van der Waals surface area contributed by atoms with Crippen LogP contribution in [0.5, 0.6) is 5.75 Å². The van der Waals surface area contributed by atoms with Gasteiger partial charge in [-0.1, -0.05) is 26.2 Å². The van der Waals surface area contributed by atoms with E-state index >= 15 is 0 Å². The second kappa shape index (κ2) is 13.3. The van der Waals surface area contributed by atoms with Gasteiger partial charge in [0.1, 0.15) is 17.7 Å². The highest BCUT2D eigenvalue weighted by atomic mass is 32.2. The molecule has 0 unspecified atom stereocenters. The fraction of sp³-hybridized carbons (Fsp3) is 0.533. The number of amides is 2. The summed E-state index contributed by atoms with van der Waals surface area (Å²) in [5, 5.41) is 12.9. The largest absolute Gasteiger partial charge is 0.488 e. The number of ether oxygens (including phenoxy) is 1. The van der Waals surface area contributed by atoms with Gasteiger partial charge in [-0.15, -0.1) is 0 Å². The van der Waals surface area contributed by atoms with Crippen molar-refractivity contribution in [3.8, 4) is 5.75 Å². The van der Waals surface area contributed by atoms with Gasteiger partial charge < -0.3 is 20.1 Å². The smallest absolute Gasteiger partial charge is 0.242 e. The van der Waals surface area contributed by atoms with E-state index in [1.165, 1.54) is 23.5 Å². The Morgan fingerprint density at radius 1 is 1.17 bits per heavy atom. The van der Waals surface area contributed by atoms with Crippen LogP contribution in [0, 0.1) is 17.7 Å². The lowest BCUT2D eigenvalue weighted by Crippen LogP contribution is -2.48. The minimum atomic E-state index is -3.94. The van der Waals surface area contributed by atoms with Crippen molar-refractivity contribution in [2.24, 2.45) is 11.8 Å². The van der Waals surface area contributed by atoms with E-state index in [1.54, 1.807) is 30.0 Å². The van der Waals surface area contributed by atoms with Crippen LogP contribution in [0.15, 0.2) is 47.4 Å². The number of nitrogens with one attached hydrogen (secondary N) is 1. The van der Waals surface area contributed by atoms with Crippen LogP contribution in [0.2, 0.25) is 0 Å². The van der Waals surface area contributed by atoms with Crippen molar-refractivity contribution in [2.75, 3.05) is 32.1 Å². The van der Waals surface area contributed by atoms with Crippen LogP contribution in [0.4, 0.5) is 10.1 Å². The lowest BCUT2D eigenvalue weighted by molar-refractivity contribution is -0.134. The summed E-state index contributed by atoms with van der Waals surface area (Å²) >= 11 is 0. The first-order valence-electron chi connectivity index (χ1n) is 14.2. The molecular weight excluding hydrogens is 549 g/mol. The number of aliphatic hydroxyl groups excluding tert-OH is 1. The molecule has 1 aliphatic heterocycles. The molecule has 2 N–H and O–H groups in total. The Morgan fingerprint density at radius 2 is 1.85 bits per heavy atom. The monoisotopic (exact) mass is 589 g/mol. The predicted octanol–water partition coefficient (Wildman–Crippen LogP) is 3.81. The molecule has 224 valence electrons. The number of fused-ring (bicyclic) bond motifs is 1. The summed E-state index contributed by atoms with van der Waals surface area (Å²) in [6, 6.07) is 9.35. The van der Waals surface area contributed by atoms with Crippen molar-refractivity contribution < 1.29 is 32.2 Å². The van der Waals surface area contributed by atoms with Gasteiger partial charge >= 0.3 is 0 Å². The Morgan fingerprint density at radius 3 is 2.51 bits per heavy atom. The zero-order valence-corrected chi connectivity index (χ0v) is 24.7. The summed E-state index contributed by atoms with van der Waals surface area (Å²) in [6.45, 7) is 3.61. The van der Waals surface area contributed by atoms with E-state index < -0.39 is 28.0 Å². The fourth-order valence-electron chi connectivity index (χ4n) is 5.47. The number of likely N-dealkylation sites (N-methyl/N-ethyl adjacent to an activating group) is 1. The molecule has 41 heavy (non-hydrogen) atoms.